The van der Waals surface area contributed by atoms with Crippen LogP contribution < -0.4 is 5.32 Å². The van der Waals surface area contributed by atoms with E-state index >= 15 is 0 Å². The zero-order valence-corrected chi connectivity index (χ0v) is 13.3. The number of aryl methyl sites for hydroxylation is 1. The molecule has 0 amide bonds. The molecule has 0 unspecified atom stereocenters. The third-order valence-electron chi connectivity index (χ3n) is 4.12. The van der Waals surface area contributed by atoms with Crippen molar-refractivity contribution in [2.24, 2.45) is 5.92 Å². The van der Waals surface area contributed by atoms with Crippen molar-refractivity contribution in [2.75, 3.05) is 11.9 Å². The lowest BCUT2D eigenvalue weighted by molar-refractivity contribution is -0.144. The molecule has 0 aromatic heterocycles. The highest BCUT2D eigenvalue weighted by Gasteiger charge is 2.35. The largest absolute Gasteiger partial charge is 0.481 e. The molecular weight excluding hydrogens is 313 g/mol. The van der Waals surface area contributed by atoms with E-state index in [1.807, 2.05) is 6.92 Å². The average Bonchev–Trinajstić information content (AvgIpc) is 2.42. The number of rotatable bonds is 4. The Bertz CT molecular complexity index is 540. The number of anilines is 1. The van der Waals surface area contributed by atoms with E-state index in [1.165, 1.54) is 0 Å². The van der Waals surface area contributed by atoms with Crippen LogP contribution in [0.25, 0.3) is 0 Å². The number of hydrogen-bond acceptors (Lipinski definition) is 3. The van der Waals surface area contributed by atoms with Crippen LogP contribution in [0, 0.1) is 12.8 Å². The van der Waals surface area contributed by atoms with Gasteiger partial charge in [-0.15, -0.1) is 0 Å². The van der Waals surface area contributed by atoms with Crippen molar-refractivity contribution in [3.8, 4) is 0 Å². The maximum atomic E-state index is 10.9. The van der Waals surface area contributed by atoms with E-state index in [0.717, 1.165) is 5.56 Å². The van der Waals surface area contributed by atoms with E-state index < -0.39 is 11.6 Å². The van der Waals surface area contributed by atoms with Crippen molar-refractivity contribution in [3.05, 3.63) is 27.7 Å². The molecule has 1 aliphatic rings. The fraction of sp³-hybridized carbons (Fsp3) is 0.533. The summed E-state index contributed by atoms with van der Waals surface area (Å²) < 4.78 is 0. The summed E-state index contributed by atoms with van der Waals surface area (Å²) in [5, 5.41) is 23.8. The maximum Gasteiger partial charge on any atom is 0.306 e. The van der Waals surface area contributed by atoms with Crippen LogP contribution in [0.2, 0.25) is 10.0 Å². The van der Waals surface area contributed by atoms with Crippen LogP contribution in [0.5, 0.6) is 0 Å². The van der Waals surface area contributed by atoms with Gasteiger partial charge in [-0.2, -0.15) is 0 Å². The molecule has 6 heteroatoms. The SMILES string of the molecule is Cc1cc(Cl)c(NCC2(O)CCC(C(=O)O)CC2)cc1Cl. The highest BCUT2D eigenvalue weighted by atomic mass is 35.5. The molecule has 0 atom stereocenters. The minimum atomic E-state index is -0.896. The van der Waals surface area contributed by atoms with Crippen LogP contribution in [0.3, 0.4) is 0 Å². The van der Waals surface area contributed by atoms with E-state index in [4.69, 9.17) is 28.3 Å². The number of aliphatic hydroxyl groups is 1. The third-order valence-corrected chi connectivity index (χ3v) is 4.84. The molecule has 3 N–H and O–H groups in total. The lowest BCUT2D eigenvalue weighted by Gasteiger charge is -2.35. The van der Waals surface area contributed by atoms with Crippen LogP contribution in [0.1, 0.15) is 31.2 Å². The van der Waals surface area contributed by atoms with Gasteiger partial charge in [-0.1, -0.05) is 23.2 Å². The molecule has 1 aromatic carbocycles. The molecule has 1 aromatic rings. The Morgan fingerprint density at radius 2 is 1.95 bits per heavy atom. The summed E-state index contributed by atoms with van der Waals surface area (Å²) in [4.78, 5) is 10.9. The molecule has 1 fully saturated rings. The zero-order valence-electron chi connectivity index (χ0n) is 11.8. The van der Waals surface area contributed by atoms with Crippen molar-refractivity contribution < 1.29 is 15.0 Å². The molecule has 0 aliphatic heterocycles. The number of benzene rings is 1. The highest BCUT2D eigenvalue weighted by molar-refractivity contribution is 6.35. The number of nitrogens with one attached hydrogen (secondary N) is 1. The van der Waals surface area contributed by atoms with Gasteiger partial charge in [0.25, 0.3) is 0 Å². The molecule has 116 valence electrons. The maximum absolute atomic E-state index is 10.9. The molecule has 2 rings (SSSR count). The molecule has 4 nitrogen and oxygen atoms in total. The van der Waals surface area contributed by atoms with Gasteiger partial charge in [-0.3, -0.25) is 4.79 Å². The van der Waals surface area contributed by atoms with Gasteiger partial charge in [0.05, 0.1) is 22.2 Å². The second-order valence-electron chi connectivity index (χ2n) is 5.77. The van der Waals surface area contributed by atoms with Gasteiger partial charge in [0.15, 0.2) is 0 Å². The minimum Gasteiger partial charge on any atom is -0.481 e. The lowest BCUT2D eigenvalue weighted by atomic mass is 9.79. The molecule has 21 heavy (non-hydrogen) atoms. The first kappa shape index (κ1) is 16.4. The third kappa shape index (κ3) is 4.02. The normalized spacial score (nSPS) is 25.6. The highest BCUT2D eigenvalue weighted by Crippen LogP contribution is 2.34. The number of carbonyl (C=O) groups is 1. The first-order valence-corrected chi connectivity index (χ1v) is 7.71. The van der Waals surface area contributed by atoms with Gasteiger partial charge in [0.2, 0.25) is 0 Å². The van der Waals surface area contributed by atoms with Crippen LogP contribution in [0.4, 0.5) is 5.69 Å². The first-order chi connectivity index (χ1) is 9.81. The Morgan fingerprint density at radius 3 is 2.52 bits per heavy atom. The smallest absolute Gasteiger partial charge is 0.306 e. The summed E-state index contributed by atoms with van der Waals surface area (Å²) in [5.41, 5.74) is 0.682. The van der Waals surface area contributed by atoms with Crippen LogP contribution in [0.15, 0.2) is 12.1 Å². The van der Waals surface area contributed by atoms with Gasteiger partial charge < -0.3 is 15.5 Å². The van der Waals surface area contributed by atoms with Crippen molar-refractivity contribution in [1.82, 2.24) is 0 Å². The van der Waals surface area contributed by atoms with Gasteiger partial charge >= 0.3 is 5.97 Å². The Kier molecular flexibility index (Phi) is 5.02. The molecule has 0 saturated heterocycles. The van der Waals surface area contributed by atoms with Gasteiger partial charge in [0, 0.05) is 11.6 Å². The van der Waals surface area contributed by atoms with E-state index in [0.29, 0.717) is 48.0 Å². The molecule has 0 radical (unpaired) electrons. The van der Waals surface area contributed by atoms with Crippen LogP contribution >= 0.6 is 23.2 Å². The second-order valence-corrected chi connectivity index (χ2v) is 6.59. The lowest BCUT2D eigenvalue weighted by Crippen LogP contribution is -2.41. The monoisotopic (exact) mass is 331 g/mol. The predicted octanol–water partition coefficient (Wildman–Crippen LogP) is 3.72. The van der Waals surface area contributed by atoms with Crippen molar-refractivity contribution in [3.63, 3.8) is 0 Å². The van der Waals surface area contributed by atoms with Gasteiger partial charge in [0.1, 0.15) is 0 Å². The Morgan fingerprint density at radius 1 is 1.33 bits per heavy atom. The van der Waals surface area contributed by atoms with Crippen molar-refractivity contribution >= 4 is 34.9 Å². The van der Waals surface area contributed by atoms with E-state index in [-0.39, 0.29) is 5.92 Å². The van der Waals surface area contributed by atoms with Crippen LogP contribution in [-0.4, -0.2) is 28.3 Å². The number of aliphatic carboxylic acids is 1. The molecular formula is C15H19Cl2NO3. The quantitative estimate of drug-likeness (QED) is 0.786. The standard InChI is InChI=1S/C15H19Cl2NO3/c1-9-6-12(17)13(7-11(9)16)18-8-15(21)4-2-10(3-5-15)14(19)20/h6-7,10,18,21H,2-5,8H2,1H3,(H,19,20). The number of carboxylic acid groups (broad SMARTS) is 1. The summed E-state index contributed by atoms with van der Waals surface area (Å²) in [5.74, 6) is -1.12. The molecule has 1 saturated carbocycles. The predicted molar refractivity (Wildman–Crippen MR) is 84.2 cm³/mol. The van der Waals surface area contributed by atoms with E-state index in [2.05, 4.69) is 5.32 Å². The Hall–Kier alpha value is -0.970. The first-order valence-electron chi connectivity index (χ1n) is 6.95. The van der Waals surface area contributed by atoms with Crippen molar-refractivity contribution in [2.45, 2.75) is 38.2 Å². The summed E-state index contributed by atoms with van der Waals surface area (Å²) in [6.07, 6.45) is 1.92. The fourth-order valence-corrected chi connectivity index (χ4v) is 3.07. The van der Waals surface area contributed by atoms with Gasteiger partial charge in [-0.05, 0) is 50.3 Å². The fourth-order valence-electron chi connectivity index (χ4n) is 2.62. The molecule has 1 aliphatic carbocycles. The summed E-state index contributed by atoms with van der Waals surface area (Å²) in [6, 6.07) is 3.52. The Labute approximate surface area is 134 Å². The Balaban J connectivity index is 1.97. The summed E-state index contributed by atoms with van der Waals surface area (Å²) in [6.45, 7) is 2.21. The molecule has 0 spiro atoms. The molecule has 0 heterocycles. The number of hydrogen-bond donors (Lipinski definition) is 3. The zero-order chi connectivity index (χ0) is 15.6. The summed E-state index contributed by atoms with van der Waals surface area (Å²) in [7, 11) is 0. The number of halogens is 2. The topological polar surface area (TPSA) is 69.6 Å². The second kappa shape index (κ2) is 6.42. The van der Waals surface area contributed by atoms with E-state index in [9.17, 15) is 9.90 Å². The average molecular weight is 332 g/mol. The summed E-state index contributed by atoms with van der Waals surface area (Å²) >= 11 is 12.2. The van der Waals surface area contributed by atoms with Crippen molar-refractivity contribution in [1.29, 1.82) is 0 Å². The van der Waals surface area contributed by atoms with E-state index in [1.54, 1.807) is 12.1 Å². The minimum absolute atomic E-state index is 0.332. The number of carboxylic acids is 1. The van der Waals surface area contributed by atoms with Crippen LogP contribution in [-0.2, 0) is 4.79 Å². The molecule has 0 bridgehead atoms. The van der Waals surface area contributed by atoms with Gasteiger partial charge in [-0.25, -0.2) is 0 Å².